The van der Waals surface area contributed by atoms with Gasteiger partial charge in [-0.3, -0.25) is 14.4 Å². The van der Waals surface area contributed by atoms with E-state index in [0.717, 1.165) is 10.6 Å². The van der Waals surface area contributed by atoms with E-state index in [4.69, 9.17) is 4.84 Å². The van der Waals surface area contributed by atoms with E-state index in [-0.39, 0.29) is 17.5 Å². The van der Waals surface area contributed by atoms with Crippen LogP contribution in [0.15, 0.2) is 35.7 Å². The van der Waals surface area contributed by atoms with Crippen LogP contribution < -0.4 is 5.32 Å². The number of aryl methyl sites for hydroxylation is 1. The van der Waals surface area contributed by atoms with Gasteiger partial charge in [-0.2, -0.15) is 0 Å². The van der Waals surface area contributed by atoms with Crippen molar-refractivity contribution in [2.75, 3.05) is 19.5 Å². The van der Waals surface area contributed by atoms with Gasteiger partial charge in [0.15, 0.2) is 5.13 Å². The van der Waals surface area contributed by atoms with Crippen LogP contribution in [0.25, 0.3) is 0 Å². The summed E-state index contributed by atoms with van der Waals surface area (Å²) in [6, 6.07) is 9.78. The molecule has 0 saturated carbocycles. The van der Waals surface area contributed by atoms with Crippen molar-refractivity contribution in [1.29, 1.82) is 0 Å². The largest absolute Gasteiger partial charge is 0.302 e. The third kappa shape index (κ3) is 4.37. The SMILES string of the molecule is CON(C)C(=O)c1csc(NC(=O)CCc2ccccc2)n1. The maximum Gasteiger partial charge on any atom is 0.296 e. The molecule has 0 radical (unpaired) electrons. The van der Waals surface area contributed by atoms with Crippen molar-refractivity contribution in [1.82, 2.24) is 10.0 Å². The molecule has 0 spiro atoms. The van der Waals surface area contributed by atoms with Crippen LogP contribution in [0.5, 0.6) is 0 Å². The first-order valence-corrected chi connectivity index (χ1v) is 7.59. The minimum Gasteiger partial charge on any atom is -0.302 e. The molecule has 116 valence electrons. The average Bonchev–Trinajstić information content (AvgIpc) is 3.00. The Labute approximate surface area is 132 Å². The van der Waals surface area contributed by atoms with E-state index >= 15 is 0 Å². The fourth-order valence-corrected chi connectivity index (χ4v) is 2.46. The lowest BCUT2D eigenvalue weighted by Crippen LogP contribution is -2.25. The quantitative estimate of drug-likeness (QED) is 0.830. The minimum atomic E-state index is -0.358. The number of hydroxylamine groups is 2. The van der Waals surface area contributed by atoms with Crippen molar-refractivity contribution < 1.29 is 14.4 Å². The van der Waals surface area contributed by atoms with Gasteiger partial charge in [0, 0.05) is 18.8 Å². The number of thiazole rings is 1. The van der Waals surface area contributed by atoms with Gasteiger partial charge < -0.3 is 5.32 Å². The monoisotopic (exact) mass is 319 g/mol. The van der Waals surface area contributed by atoms with Crippen LogP contribution in [0, 0.1) is 0 Å². The maximum absolute atomic E-state index is 11.9. The van der Waals surface area contributed by atoms with Gasteiger partial charge >= 0.3 is 0 Å². The summed E-state index contributed by atoms with van der Waals surface area (Å²) in [4.78, 5) is 32.6. The Balaban J connectivity index is 1.87. The van der Waals surface area contributed by atoms with Gasteiger partial charge in [0.2, 0.25) is 5.91 Å². The van der Waals surface area contributed by atoms with Crippen LogP contribution in [-0.2, 0) is 16.1 Å². The molecule has 22 heavy (non-hydrogen) atoms. The number of aromatic nitrogens is 1. The number of hydrogen-bond acceptors (Lipinski definition) is 5. The number of rotatable bonds is 6. The highest BCUT2D eigenvalue weighted by Gasteiger charge is 2.16. The first-order valence-electron chi connectivity index (χ1n) is 6.71. The predicted molar refractivity (Wildman–Crippen MR) is 84.6 cm³/mol. The van der Waals surface area contributed by atoms with Crippen LogP contribution >= 0.6 is 11.3 Å². The summed E-state index contributed by atoms with van der Waals surface area (Å²) in [6.07, 6.45) is 1.03. The van der Waals surface area contributed by atoms with E-state index in [9.17, 15) is 9.59 Å². The smallest absolute Gasteiger partial charge is 0.296 e. The molecule has 0 aliphatic carbocycles. The number of carbonyl (C=O) groups excluding carboxylic acids is 2. The molecule has 0 aliphatic rings. The van der Waals surface area contributed by atoms with Crippen LogP contribution in [-0.4, -0.2) is 36.0 Å². The molecule has 0 saturated heterocycles. The lowest BCUT2D eigenvalue weighted by Gasteiger charge is -2.11. The molecule has 1 N–H and O–H groups in total. The lowest BCUT2D eigenvalue weighted by molar-refractivity contribution is -0.116. The normalized spacial score (nSPS) is 10.3. The number of amides is 2. The number of nitrogens with zero attached hydrogens (tertiary/aromatic N) is 2. The standard InChI is InChI=1S/C15H17N3O3S/c1-18(21-2)14(20)12-10-22-15(16-12)17-13(19)9-8-11-6-4-3-5-7-11/h3-7,10H,8-9H2,1-2H3,(H,16,17,19). The summed E-state index contributed by atoms with van der Waals surface area (Å²) in [5.41, 5.74) is 1.35. The highest BCUT2D eigenvalue weighted by molar-refractivity contribution is 7.14. The second-order valence-electron chi connectivity index (χ2n) is 4.56. The molecular formula is C15H17N3O3S. The molecule has 2 amide bonds. The number of benzene rings is 1. The number of hydrogen-bond donors (Lipinski definition) is 1. The van der Waals surface area contributed by atoms with E-state index in [1.54, 1.807) is 5.38 Å². The summed E-state index contributed by atoms with van der Waals surface area (Å²) in [5.74, 6) is -0.485. The van der Waals surface area contributed by atoms with Gasteiger partial charge in [-0.25, -0.2) is 10.0 Å². The first kappa shape index (κ1) is 16.1. The summed E-state index contributed by atoms with van der Waals surface area (Å²) in [5, 5.41) is 5.78. The Bertz CT molecular complexity index is 642. The average molecular weight is 319 g/mol. The van der Waals surface area contributed by atoms with Crippen molar-refractivity contribution in [3.63, 3.8) is 0 Å². The third-order valence-corrected chi connectivity index (χ3v) is 3.77. The second-order valence-corrected chi connectivity index (χ2v) is 5.41. The van der Waals surface area contributed by atoms with E-state index in [2.05, 4.69) is 10.3 Å². The van der Waals surface area contributed by atoms with Crippen molar-refractivity contribution in [3.05, 3.63) is 47.0 Å². The Morgan fingerprint density at radius 1 is 1.32 bits per heavy atom. The zero-order valence-electron chi connectivity index (χ0n) is 12.4. The van der Waals surface area contributed by atoms with E-state index in [1.807, 2.05) is 30.3 Å². The third-order valence-electron chi connectivity index (χ3n) is 3.01. The van der Waals surface area contributed by atoms with Gasteiger partial charge in [-0.15, -0.1) is 11.3 Å². The second kappa shape index (κ2) is 7.67. The van der Waals surface area contributed by atoms with Crippen LogP contribution in [0.4, 0.5) is 5.13 Å². The van der Waals surface area contributed by atoms with Gasteiger partial charge in [0.1, 0.15) is 5.69 Å². The lowest BCUT2D eigenvalue weighted by atomic mass is 10.1. The van der Waals surface area contributed by atoms with Crippen molar-refractivity contribution in [3.8, 4) is 0 Å². The molecule has 2 rings (SSSR count). The molecule has 2 aromatic rings. The summed E-state index contributed by atoms with van der Waals surface area (Å²) in [6.45, 7) is 0. The molecule has 1 aromatic heterocycles. The molecular weight excluding hydrogens is 302 g/mol. The Morgan fingerprint density at radius 3 is 2.73 bits per heavy atom. The van der Waals surface area contributed by atoms with E-state index in [0.29, 0.717) is 18.0 Å². The van der Waals surface area contributed by atoms with Crippen molar-refractivity contribution >= 4 is 28.3 Å². The fraction of sp³-hybridized carbons (Fsp3) is 0.267. The Morgan fingerprint density at radius 2 is 2.05 bits per heavy atom. The molecule has 1 aromatic carbocycles. The molecule has 0 aliphatic heterocycles. The molecule has 0 atom stereocenters. The molecule has 7 heteroatoms. The molecule has 0 unspecified atom stereocenters. The zero-order valence-corrected chi connectivity index (χ0v) is 13.2. The maximum atomic E-state index is 11.9. The van der Waals surface area contributed by atoms with E-state index in [1.165, 1.54) is 25.5 Å². The van der Waals surface area contributed by atoms with Gasteiger partial charge in [-0.05, 0) is 12.0 Å². The highest BCUT2D eigenvalue weighted by Crippen LogP contribution is 2.17. The molecule has 6 nitrogen and oxygen atoms in total. The van der Waals surface area contributed by atoms with Gasteiger partial charge in [0.25, 0.3) is 5.91 Å². The van der Waals surface area contributed by atoms with Gasteiger partial charge in [-0.1, -0.05) is 30.3 Å². The van der Waals surface area contributed by atoms with E-state index < -0.39 is 0 Å². The molecule has 1 heterocycles. The topological polar surface area (TPSA) is 71.5 Å². The minimum absolute atomic E-state index is 0.128. The molecule has 0 bridgehead atoms. The van der Waals surface area contributed by atoms with Crippen molar-refractivity contribution in [2.24, 2.45) is 0 Å². The predicted octanol–water partition coefficient (Wildman–Crippen LogP) is 2.35. The first-order chi connectivity index (χ1) is 10.6. The Hall–Kier alpha value is -2.25. The summed E-state index contributed by atoms with van der Waals surface area (Å²) >= 11 is 1.21. The molecule has 0 fully saturated rings. The highest BCUT2D eigenvalue weighted by atomic mass is 32.1. The zero-order chi connectivity index (χ0) is 15.9. The number of anilines is 1. The number of carbonyl (C=O) groups is 2. The summed E-state index contributed by atoms with van der Waals surface area (Å²) in [7, 11) is 2.90. The van der Waals surface area contributed by atoms with Gasteiger partial charge in [0.05, 0.1) is 7.11 Å². The summed E-state index contributed by atoms with van der Waals surface area (Å²) < 4.78 is 0. The van der Waals surface area contributed by atoms with Crippen LogP contribution in [0.1, 0.15) is 22.5 Å². The van der Waals surface area contributed by atoms with Crippen molar-refractivity contribution in [2.45, 2.75) is 12.8 Å². The number of nitrogens with one attached hydrogen (secondary N) is 1. The Kier molecular flexibility index (Phi) is 5.62. The fourth-order valence-electron chi connectivity index (χ4n) is 1.76. The van der Waals surface area contributed by atoms with Crippen LogP contribution in [0.3, 0.4) is 0 Å². The van der Waals surface area contributed by atoms with Crippen LogP contribution in [0.2, 0.25) is 0 Å².